The number of ether oxygens (including phenoxy) is 1. The van der Waals surface area contributed by atoms with E-state index in [1.165, 1.54) is 0 Å². The zero-order valence-electron chi connectivity index (χ0n) is 8.12. The number of hydrogen-bond donors (Lipinski definition) is 0. The molecule has 0 spiro atoms. The summed E-state index contributed by atoms with van der Waals surface area (Å²) in [6.07, 6.45) is 0. The summed E-state index contributed by atoms with van der Waals surface area (Å²) in [5, 5.41) is 0. The van der Waals surface area contributed by atoms with Crippen LogP contribution in [0.5, 0.6) is 5.75 Å². The monoisotopic (exact) mass is 328 g/mol. The zero-order valence-corrected chi connectivity index (χ0v) is 12.8. The van der Waals surface area contributed by atoms with Crippen LogP contribution in [0, 0.1) is 11.6 Å². The van der Waals surface area contributed by atoms with Crippen molar-refractivity contribution >= 4 is 22.9 Å². The van der Waals surface area contributed by atoms with Crippen LogP contribution in [0.15, 0.2) is 16.6 Å². The van der Waals surface area contributed by atoms with Crippen LogP contribution in [0.2, 0.25) is 0 Å². The van der Waals surface area contributed by atoms with Gasteiger partial charge in [-0.25, -0.2) is 8.78 Å². The molecule has 0 saturated carbocycles. The predicted octanol–water partition coefficient (Wildman–Crippen LogP) is 0.497. The van der Waals surface area contributed by atoms with Crippen molar-refractivity contribution in [2.75, 3.05) is 6.51 Å². The summed E-state index contributed by atoms with van der Waals surface area (Å²) < 4.78 is 64.9. The summed E-state index contributed by atoms with van der Waals surface area (Å²) in [5.74, 6) is -2.72. The molecule has 0 amide bonds. The summed E-state index contributed by atoms with van der Waals surface area (Å²) in [6, 6.07) is 1.27. The van der Waals surface area contributed by atoms with Crippen LogP contribution in [0.3, 0.4) is 0 Å². The van der Waals surface area contributed by atoms with E-state index in [1.807, 2.05) is 0 Å². The molecule has 0 heterocycles. The van der Waals surface area contributed by atoms with Crippen LogP contribution >= 0.6 is 15.9 Å². The fraction of sp³-hybridized carbons (Fsp3) is 0.143. The first kappa shape index (κ1) is 16.9. The Kier molecular flexibility index (Phi) is 7.05. The summed E-state index contributed by atoms with van der Waals surface area (Å²) in [4.78, 5) is 0. The molecule has 9 heteroatoms. The molecule has 0 radical (unpaired) electrons. The molecule has 0 saturated heterocycles. The second-order valence-electron chi connectivity index (χ2n) is 2.72. The van der Waals surface area contributed by atoms with Gasteiger partial charge in [0, 0.05) is 6.07 Å². The molecule has 1 aromatic carbocycles. The molecule has 0 atom stereocenters. The maximum absolute atomic E-state index is 12.9. The minimum atomic E-state index is -5.17. The molecule has 0 aliphatic rings. The molecule has 0 aliphatic heterocycles. The largest absolute Gasteiger partial charge is 1.00 e. The molecule has 0 fully saturated rings. The molecule has 0 aromatic heterocycles. The molecule has 84 valence electrons. The van der Waals surface area contributed by atoms with Gasteiger partial charge >= 0.3 is 58.4 Å². The van der Waals surface area contributed by atoms with E-state index in [4.69, 9.17) is 0 Å². The number of halogens is 6. The molecule has 1 nitrogen and oxygen atoms in total. The van der Waals surface area contributed by atoms with Crippen molar-refractivity contribution in [3.05, 3.63) is 28.2 Å². The Bertz CT molecular complexity index is 349. The molecule has 0 bridgehead atoms. The SMILES string of the molecule is Fc1cc(F)c(OC[B-](F)(F)F)c(Br)c1.[K+]. The molecule has 16 heavy (non-hydrogen) atoms. The summed E-state index contributed by atoms with van der Waals surface area (Å²) in [5.41, 5.74) is 0. The molecular formula is C7H4BBrF5KO. The minimum absolute atomic E-state index is 0. The molecule has 1 aromatic rings. The van der Waals surface area contributed by atoms with Crippen LogP contribution in [0.4, 0.5) is 21.7 Å². The average Bonchev–Trinajstić information content (AvgIpc) is 1.99. The second-order valence-corrected chi connectivity index (χ2v) is 3.57. The van der Waals surface area contributed by atoms with E-state index in [0.717, 1.165) is 6.07 Å². The Hall–Kier alpha value is 0.851. The third kappa shape index (κ3) is 5.46. The summed E-state index contributed by atoms with van der Waals surface area (Å²) in [7, 11) is 0. The predicted molar refractivity (Wildman–Crippen MR) is 48.6 cm³/mol. The van der Waals surface area contributed by atoms with Crippen molar-refractivity contribution in [2.45, 2.75) is 0 Å². The summed E-state index contributed by atoms with van der Waals surface area (Å²) in [6.45, 7) is -6.74. The van der Waals surface area contributed by atoms with Crippen molar-refractivity contribution in [1.82, 2.24) is 0 Å². The number of benzene rings is 1. The Morgan fingerprint density at radius 3 is 2.19 bits per heavy atom. The van der Waals surface area contributed by atoms with Crippen molar-refractivity contribution in [2.24, 2.45) is 0 Å². The minimum Gasteiger partial charge on any atom is -0.519 e. The first-order valence-corrected chi connectivity index (χ1v) is 4.57. The number of rotatable bonds is 3. The van der Waals surface area contributed by atoms with Gasteiger partial charge in [-0.3, -0.25) is 0 Å². The van der Waals surface area contributed by atoms with E-state index in [1.54, 1.807) is 0 Å². The Morgan fingerprint density at radius 2 is 1.75 bits per heavy atom. The molecule has 0 unspecified atom stereocenters. The van der Waals surface area contributed by atoms with E-state index < -0.39 is 30.9 Å². The second kappa shape index (κ2) is 6.70. The topological polar surface area (TPSA) is 9.23 Å². The molecule has 0 N–H and O–H groups in total. The van der Waals surface area contributed by atoms with Gasteiger partial charge < -0.3 is 17.7 Å². The van der Waals surface area contributed by atoms with Gasteiger partial charge in [-0.2, -0.15) is 0 Å². The van der Waals surface area contributed by atoms with Crippen LogP contribution < -0.4 is 56.1 Å². The Balaban J connectivity index is 0.00000225. The molecule has 0 aliphatic carbocycles. The fourth-order valence-corrected chi connectivity index (χ4v) is 1.37. The third-order valence-corrected chi connectivity index (χ3v) is 1.97. The smallest absolute Gasteiger partial charge is 0.519 e. The Labute approximate surface area is 139 Å². The first-order chi connectivity index (χ1) is 6.79. The quantitative estimate of drug-likeness (QED) is 0.580. The third-order valence-electron chi connectivity index (χ3n) is 1.38. The maximum Gasteiger partial charge on any atom is 1.00 e. The standard InChI is InChI=1S/C7H4BBrF5O.K/c9-5-1-4(10)2-6(11)7(5)15-3-8(12,13)14;/h1-2H,3H2;/q-1;+1. The van der Waals surface area contributed by atoms with E-state index in [9.17, 15) is 21.7 Å². The van der Waals surface area contributed by atoms with Gasteiger partial charge in [0.1, 0.15) is 5.82 Å². The van der Waals surface area contributed by atoms with Gasteiger partial charge in [0.2, 0.25) is 0 Å². The van der Waals surface area contributed by atoms with Crippen LogP contribution in [0.25, 0.3) is 0 Å². The first-order valence-electron chi connectivity index (χ1n) is 3.78. The van der Waals surface area contributed by atoms with Crippen LogP contribution in [-0.2, 0) is 0 Å². The van der Waals surface area contributed by atoms with Crippen LogP contribution in [-0.4, -0.2) is 13.5 Å². The molecule has 1 rings (SSSR count). The summed E-state index contributed by atoms with van der Waals surface area (Å²) >= 11 is 2.70. The van der Waals surface area contributed by atoms with Crippen molar-refractivity contribution in [3.63, 3.8) is 0 Å². The van der Waals surface area contributed by atoms with Gasteiger partial charge in [-0.05, 0) is 22.0 Å². The van der Waals surface area contributed by atoms with Gasteiger partial charge in [0.15, 0.2) is 11.6 Å². The van der Waals surface area contributed by atoms with Crippen molar-refractivity contribution < 1.29 is 77.8 Å². The van der Waals surface area contributed by atoms with Gasteiger partial charge in [0.05, 0.1) is 11.0 Å². The van der Waals surface area contributed by atoms with Gasteiger partial charge in [-0.15, -0.1) is 0 Å². The number of hydrogen-bond acceptors (Lipinski definition) is 1. The van der Waals surface area contributed by atoms with Crippen molar-refractivity contribution in [3.8, 4) is 5.75 Å². The normalized spacial score (nSPS) is 10.9. The van der Waals surface area contributed by atoms with Gasteiger partial charge in [-0.1, -0.05) is 0 Å². The van der Waals surface area contributed by atoms with E-state index >= 15 is 0 Å². The van der Waals surface area contributed by atoms with E-state index in [0.29, 0.717) is 6.07 Å². The Morgan fingerprint density at radius 1 is 1.19 bits per heavy atom. The van der Waals surface area contributed by atoms with Crippen LogP contribution in [0.1, 0.15) is 0 Å². The average molecular weight is 329 g/mol. The maximum atomic E-state index is 12.9. The zero-order chi connectivity index (χ0) is 11.6. The van der Waals surface area contributed by atoms with E-state index in [-0.39, 0.29) is 55.9 Å². The van der Waals surface area contributed by atoms with Gasteiger partial charge in [0.25, 0.3) is 0 Å². The fourth-order valence-electron chi connectivity index (χ4n) is 0.845. The van der Waals surface area contributed by atoms with Crippen molar-refractivity contribution in [1.29, 1.82) is 0 Å². The van der Waals surface area contributed by atoms with E-state index in [2.05, 4.69) is 20.7 Å². The molecular weight excluding hydrogens is 325 g/mol.